The molecule has 138 valence electrons. The summed E-state index contributed by atoms with van der Waals surface area (Å²) in [6.07, 6.45) is 3.12. The van der Waals surface area contributed by atoms with E-state index in [0.29, 0.717) is 16.3 Å². The first-order valence-electron chi connectivity index (χ1n) is 8.81. The molecule has 2 N–H and O–H groups in total. The third kappa shape index (κ3) is 5.22. The minimum Gasteiger partial charge on any atom is -0.336 e. The lowest BCUT2D eigenvalue weighted by atomic mass is 10.1. The second-order valence-corrected chi connectivity index (χ2v) is 6.67. The first kappa shape index (κ1) is 18.7. The summed E-state index contributed by atoms with van der Waals surface area (Å²) in [6, 6.07) is 16.0. The van der Waals surface area contributed by atoms with Gasteiger partial charge in [0.1, 0.15) is 0 Å². The molecule has 7 heteroatoms. The number of hydrogen-bond acceptors (Lipinski definition) is 4. The largest absolute Gasteiger partial charge is 0.336 e. The normalized spacial score (nSPS) is 14.4. The van der Waals surface area contributed by atoms with E-state index < -0.39 is 0 Å². The number of piperidine rings is 1. The van der Waals surface area contributed by atoms with E-state index in [0.717, 1.165) is 38.0 Å². The van der Waals surface area contributed by atoms with Crippen LogP contribution in [0, 0.1) is 11.3 Å². The third-order valence-corrected chi connectivity index (χ3v) is 4.48. The molecule has 6 nitrogen and oxygen atoms in total. The molecule has 3 rings (SSSR count). The Hall–Kier alpha value is -3.04. The predicted molar refractivity (Wildman–Crippen MR) is 107 cm³/mol. The van der Waals surface area contributed by atoms with Crippen molar-refractivity contribution in [2.75, 3.05) is 18.5 Å². The van der Waals surface area contributed by atoms with Crippen molar-refractivity contribution in [1.29, 1.82) is 5.26 Å². The second kappa shape index (κ2) is 9.06. The van der Waals surface area contributed by atoms with Crippen molar-refractivity contribution in [2.24, 2.45) is 4.99 Å². The maximum atomic E-state index is 12.9. The number of halogens is 1. The van der Waals surface area contributed by atoms with Crippen LogP contribution in [0.4, 0.5) is 11.4 Å². The Morgan fingerprint density at radius 2 is 1.85 bits per heavy atom. The van der Waals surface area contributed by atoms with E-state index in [2.05, 4.69) is 21.9 Å². The van der Waals surface area contributed by atoms with Gasteiger partial charge < -0.3 is 4.90 Å². The molecule has 1 aliphatic rings. The number of nitriles is 1. The number of amidine groups is 1. The number of nitrogens with zero attached hydrogens (tertiary/aromatic N) is 3. The van der Waals surface area contributed by atoms with Gasteiger partial charge in [-0.2, -0.15) is 5.26 Å². The van der Waals surface area contributed by atoms with Crippen LogP contribution < -0.4 is 10.9 Å². The molecule has 1 amide bonds. The zero-order chi connectivity index (χ0) is 19.1. The number of carbonyl (C=O) groups excluding carboxylic acids is 1. The highest BCUT2D eigenvalue weighted by molar-refractivity contribution is 6.38. The van der Waals surface area contributed by atoms with Crippen molar-refractivity contribution in [3.8, 4) is 6.07 Å². The molecule has 1 saturated heterocycles. The number of anilines is 1. The van der Waals surface area contributed by atoms with E-state index >= 15 is 0 Å². The molecule has 0 radical (unpaired) electrons. The third-order valence-electron chi connectivity index (χ3n) is 4.23. The standard InChI is InChI=1S/C20H20ClN5O/c21-16-7-9-17(10-8-16)24-25-19(20(27)26-11-2-1-3-12-26)23-18-6-4-5-15(13-18)14-22/h4-10,13,24H,1-3,11-12H2,(H,23,25). The van der Waals surface area contributed by atoms with Crippen LogP contribution in [0.25, 0.3) is 0 Å². The smallest absolute Gasteiger partial charge is 0.291 e. The molecule has 2 aromatic carbocycles. The zero-order valence-corrected chi connectivity index (χ0v) is 15.5. The molecule has 0 spiro atoms. The summed E-state index contributed by atoms with van der Waals surface area (Å²) in [5.41, 5.74) is 7.70. The van der Waals surface area contributed by atoms with Crippen LogP contribution in [0.5, 0.6) is 0 Å². The quantitative estimate of drug-likeness (QED) is 0.480. The Morgan fingerprint density at radius 1 is 1.11 bits per heavy atom. The number of hydrogen-bond donors (Lipinski definition) is 2. The van der Waals surface area contributed by atoms with Gasteiger partial charge in [-0.05, 0) is 61.7 Å². The molecule has 0 saturated carbocycles. The summed E-state index contributed by atoms with van der Waals surface area (Å²) in [4.78, 5) is 19.2. The van der Waals surface area contributed by atoms with Crippen LogP contribution in [-0.4, -0.2) is 29.7 Å². The van der Waals surface area contributed by atoms with Gasteiger partial charge in [-0.25, -0.2) is 4.99 Å². The van der Waals surface area contributed by atoms with Gasteiger partial charge in [-0.1, -0.05) is 17.7 Å². The number of hydrazine groups is 1. The second-order valence-electron chi connectivity index (χ2n) is 6.23. The van der Waals surface area contributed by atoms with Gasteiger partial charge in [-0.3, -0.25) is 15.6 Å². The Kier molecular flexibility index (Phi) is 6.29. The van der Waals surface area contributed by atoms with E-state index in [4.69, 9.17) is 16.9 Å². The van der Waals surface area contributed by atoms with Gasteiger partial charge in [0.15, 0.2) is 0 Å². The van der Waals surface area contributed by atoms with E-state index in [1.807, 2.05) is 0 Å². The lowest BCUT2D eigenvalue weighted by Gasteiger charge is -2.27. The van der Waals surface area contributed by atoms with Crippen LogP contribution in [0.15, 0.2) is 53.5 Å². The number of benzene rings is 2. The van der Waals surface area contributed by atoms with Crippen LogP contribution >= 0.6 is 11.6 Å². The number of carbonyl (C=O) groups is 1. The van der Waals surface area contributed by atoms with Crippen LogP contribution in [0.2, 0.25) is 5.02 Å². The Morgan fingerprint density at radius 3 is 2.56 bits per heavy atom. The fraction of sp³-hybridized carbons (Fsp3) is 0.250. The monoisotopic (exact) mass is 381 g/mol. The highest BCUT2D eigenvalue weighted by Gasteiger charge is 2.22. The van der Waals surface area contributed by atoms with Gasteiger partial charge in [0, 0.05) is 18.1 Å². The molecule has 1 heterocycles. The van der Waals surface area contributed by atoms with Crippen molar-refractivity contribution < 1.29 is 4.79 Å². The average molecular weight is 382 g/mol. The SMILES string of the molecule is N#Cc1cccc(N=C(NNc2ccc(Cl)cc2)C(=O)N2CCCCC2)c1. The van der Waals surface area contributed by atoms with E-state index in [9.17, 15) is 4.79 Å². The topological polar surface area (TPSA) is 80.5 Å². The minimum absolute atomic E-state index is 0.168. The van der Waals surface area contributed by atoms with E-state index in [1.54, 1.807) is 53.4 Å². The molecule has 27 heavy (non-hydrogen) atoms. The Balaban J connectivity index is 1.82. The summed E-state index contributed by atoms with van der Waals surface area (Å²) in [6.45, 7) is 1.44. The lowest BCUT2D eigenvalue weighted by Crippen LogP contribution is -2.46. The fourth-order valence-electron chi connectivity index (χ4n) is 2.81. The molecular formula is C20H20ClN5O. The summed E-state index contributed by atoms with van der Waals surface area (Å²) >= 11 is 5.90. The van der Waals surface area contributed by atoms with Crippen LogP contribution in [0.1, 0.15) is 24.8 Å². The number of amides is 1. The van der Waals surface area contributed by atoms with Crippen LogP contribution in [0.3, 0.4) is 0 Å². The molecule has 0 aliphatic carbocycles. The van der Waals surface area contributed by atoms with Gasteiger partial charge in [-0.15, -0.1) is 0 Å². The Labute approximate surface area is 163 Å². The summed E-state index contributed by atoms with van der Waals surface area (Å²) in [7, 11) is 0. The number of rotatable bonds is 3. The van der Waals surface area contributed by atoms with Crippen molar-refractivity contribution in [2.45, 2.75) is 19.3 Å². The summed E-state index contributed by atoms with van der Waals surface area (Å²) in [5, 5.41) is 9.70. The van der Waals surface area contributed by atoms with Crippen LogP contribution in [-0.2, 0) is 4.79 Å². The average Bonchev–Trinajstić information content (AvgIpc) is 2.72. The summed E-state index contributed by atoms with van der Waals surface area (Å²) < 4.78 is 0. The minimum atomic E-state index is -0.168. The first-order valence-corrected chi connectivity index (χ1v) is 9.19. The molecule has 0 unspecified atom stereocenters. The molecule has 0 bridgehead atoms. The summed E-state index contributed by atoms with van der Waals surface area (Å²) in [5.74, 6) is 0.0143. The number of likely N-dealkylation sites (tertiary alicyclic amines) is 1. The highest BCUT2D eigenvalue weighted by atomic mass is 35.5. The first-order chi connectivity index (χ1) is 13.2. The number of nitrogens with one attached hydrogen (secondary N) is 2. The molecule has 0 atom stereocenters. The molecule has 1 aliphatic heterocycles. The fourth-order valence-corrected chi connectivity index (χ4v) is 2.94. The van der Waals surface area contributed by atoms with E-state index in [1.165, 1.54) is 0 Å². The molecule has 2 aromatic rings. The molecule has 0 aromatic heterocycles. The van der Waals surface area contributed by atoms with Crippen molar-refractivity contribution >= 4 is 34.7 Å². The van der Waals surface area contributed by atoms with E-state index in [-0.39, 0.29) is 11.7 Å². The predicted octanol–water partition coefficient (Wildman–Crippen LogP) is 3.87. The van der Waals surface area contributed by atoms with Gasteiger partial charge >= 0.3 is 0 Å². The zero-order valence-electron chi connectivity index (χ0n) is 14.8. The lowest BCUT2D eigenvalue weighted by molar-refractivity contribution is -0.125. The van der Waals surface area contributed by atoms with Crippen molar-refractivity contribution in [1.82, 2.24) is 10.3 Å². The van der Waals surface area contributed by atoms with Crippen molar-refractivity contribution in [3.63, 3.8) is 0 Å². The molecule has 1 fully saturated rings. The Bertz CT molecular complexity index is 867. The highest BCUT2D eigenvalue weighted by Crippen LogP contribution is 2.16. The molecular weight excluding hydrogens is 362 g/mol. The van der Waals surface area contributed by atoms with Gasteiger partial charge in [0.25, 0.3) is 5.91 Å². The van der Waals surface area contributed by atoms with Crippen molar-refractivity contribution in [3.05, 3.63) is 59.1 Å². The number of aliphatic imine (C=N–C) groups is 1. The van der Waals surface area contributed by atoms with Gasteiger partial charge in [0.05, 0.1) is 23.0 Å². The van der Waals surface area contributed by atoms with Gasteiger partial charge in [0.2, 0.25) is 5.84 Å². The maximum Gasteiger partial charge on any atom is 0.291 e. The maximum absolute atomic E-state index is 12.9.